The van der Waals surface area contributed by atoms with Crippen LogP contribution >= 0.6 is 12.4 Å². The van der Waals surface area contributed by atoms with Crippen molar-refractivity contribution in [3.05, 3.63) is 48.3 Å². The van der Waals surface area contributed by atoms with Gasteiger partial charge in [-0.2, -0.15) is 0 Å². The number of carbonyl (C=O) groups is 1. The molecule has 0 spiro atoms. The van der Waals surface area contributed by atoms with Gasteiger partial charge in [0.05, 0.1) is 7.11 Å². The summed E-state index contributed by atoms with van der Waals surface area (Å²) in [6.45, 7) is 2.16. The molecular formula is C19H24ClN3O3. The van der Waals surface area contributed by atoms with Crippen molar-refractivity contribution in [3.63, 3.8) is 0 Å². The summed E-state index contributed by atoms with van der Waals surface area (Å²) in [4.78, 5) is 16.5. The molecule has 0 bridgehead atoms. The van der Waals surface area contributed by atoms with Crippen LogP contribution in [0.25, 0.3) is 0 Å². The first-order valence-electron chi connectivity index (χ1n) is 8.47. The minimum absolute atomic E-state index is 0. The molecule has 7 heteroatoms. The molecule has 1 fully saturated rings. The molecule has 1 saturated heterocycles. The lowest BCUT2D eigenvalue weighted by Crippen LogP contribution is -2.34. The Bertz CT molecular complexity index is 706. The Kier molecular flexibility index (Phi) is 7.69. The highest BCUT2D eigenvalue weighted by molar-refractivity contribution is 5.93. The quantitative estimate of drug-likeness (QED) is 0.809. The Labute approximate surface area is 159 Å². The number of piperidine rings is 1. The van der Waals surface area contributed by atoms with Crippen molar-refractivity contribution >= 4 is 24.0 Å². The summed E-state index contributed by atoms with van der Waals surface area (Å²) in [5.74, 6) is 1.34. The fourth-order valence-electron chi connectivity index (χ4n) is 2.84. The fraction of sp³-hybridized carbons (Fsp3) is 0.368. The van der Waals surface area contributed by atoms with E-state index >= 15 is 0 Å². The molecule has 0 unspecified atom stereocenters. The van der Waals surface area contributed by atoms with Gasteiger partial charge in [0, 0.05) is 35.6 Å². The number of hydrogen-bond acceptors (Lipinski definition) is 5. The first-order chi connectivity index (χ1) is 12.3. The van der Waals surface area contributed by atoms with Gasteiger partial charge in [-0.3, -0.25) is 9.78 Å². The number of halogens is 1. The molecule has 2 N–H and O–H groups in total. The number of amides is 1. The summed E-state index contributed by atoms with van der Waals surface area (Å²) in [5, 5.41) is 6.26. The molecule has 2 heterocycles. The number of carbonyl (C=O) groups excluding carboxylic acids is 1. The number of nitrogens with one attached hydrogen (secondary N) is 2. The molecule has 1 aliphatic heterocycles. The molecule has 6 nitrogen and oxygen atoms in total. The van der Waals surface area contributed by atoms with Crippen LogP contribution in [-0.4, -0.2) is 31.1 Å². The third-order valence-electron chi connectivity index (χ3n) is 4.26. The van der Waals surface area contributed by atoms with Gasteiger partial charge < -0.3 is 20.1 Å². The molecule has 1 aromatic carbocycles. The third kappa shape index (κ3) is 5.34. The molecule has 3 rings (SSSR count). The van der Waals surface area contributed by atoms with Gasteiger partial charge in [-0.05, 0) is 44.1 Å². The minimum Gasteiger partial charge on any atom is -0.493 e. The maximum absolute atomic E-state index is 12.4. The lowest BCUT2D eigenvalue weighted by molar-refractivity contribution is -0.120. The fourth-order valence-corrected chi connectivity index (χ4v) is 2.84. The van der Waals surface area contributed by atoms with Crippen LogP contribution in [0, 0.1) is 5.92 Å². The number of benzene rings is 1. The first-order valence-corrected chi connectivity index (χ1v) is 8.47. The Balaban J connectivity index is 0.00000243. The Morgan fingerprint density at radius 1 is 1.27 bits per heavy atom. The summed E-state index contributed by atoms with van der Waals surface area (Å²) in [6, 6.07) is 9.24. The summed E-state index contributed by atoms with van der Waals surface area (Å²) in [5.41, 5.74) is 1.68. The molecule has 0 radical (unpaired) electrons. The number of methoxy groups -OCH3 is 1. The van der Waals surface area contributed by atoms with E-state index in [1.807, 2.05) is 18.2 Å². The van der Waals surface area contributed by atoms with E-state index in [0.29, 0.717) is 23.8 Å². The lowest BCUT2D eigenvalue weighted by Gasteiger charge is -2.22. The Morgan fingerprint density at radius 2 is 2.08 bits per heavy atom. The molecule has 0 atom stereocenters. The number of hydrogen-bond donors (Lipinski definition) is 2. The van der Waals surface area contributed by atoms with E-state index in [4.69, 9.17) is 9.47 Å². The van der Waals surface area contributed by atoms with Crippen LogP contribution < -0.4 is 20.1 Å². The smallest absolute Gasteiger partial charge is 0.227 e. The number of anilines is 1. The van der Waals surface area contributed by atoms with Crippen LogP contribution in [0.5, 0.6) is 11.5 Å². The third-order valence-corrected chi connectivity index (χ3v) is 4.26. The second-order valence-corrected chi connectivity index (χ2v) is 6.03. The van der Waals surface area contributed by atoms with E-state index in [1.54, 1.807) is 31.6 Å². The van der Waals surface area contributed by atoms with Crippen molar-refractivity contribution < 1.29 is 14.3 Å². The summed E-state index contributed by atoms with van der Waals surface area (Å²) in [6.07, 6.45) is 5.22. The monoisotopic (exact) mass is 377 g/mol. The van der Waals surface area contributed by atoms with E-state index < -0.39 is 0 Å². The van der Waals surface area contributed by atoms with Crippen LogP contribution in [0.3, 0.4) is 0 Å². The van der Waals surface area contributed by atoms with Crippen molar-refractivity contribution in [2.24, 2.45) is 5.92 Å². The van der Waals surface area contributed by atoms with Crippen molar-refractivity contribution in [1.29, 1.82) is 0 Å². The first kappa shape index (κ1) is 20.0. The Hall–Kier alpha value is -2.31. The predicted molar refractivity (Wildman–Crippen MR) is 103 cm³/mol. The Morgan fingerprint density at radius 3 is 2.77 bits per heavy atom. The van der Waals surface area contributed by atoms with Gasteiger partial charge in [0.2, 0.25) is 5.91 Å². The lowest BCUT2D eigenvalue weighted by atomic mass is 9.97. The van der Waals surface area contributed by atoms with Gasteiger partial charge in [-0.1, -0.05) is 6.07 Å². The van der Waals surface area contributed by atoms with Gasteiger partial charge in [-0.25, -0.2) is 0 Å². The van der Waals surface area contributed by atoms with Crippen LogP contribution in [-0.2, 0) is 11.4 Å². The maximum atomic E-state index is 12.4. The molecular weight excluding hydrogens is 354 g/mol. The molecule has 0 aliphatic carbocycles. The van der Waals surface area contributed by atoms with Gasteiger partial charge >= 0.3 is 0 Å². The average Bonchev–Trinajstić information content (AvgIpc) is 2.68. The summed E-state index contributed by atoms with van der Waals surface area (Å²) >= 11 is 0. The number of ether oxygens (including phenoxy) is 2. The van der Waals surface area contributed by atoms with Crippen LogP contribution in [0.4, 0.5) is 5.69 Å². The summed E-state index contributed by atoms with van der Waals surface area (Å²) in [7, 11) is 1.60. The van der Waals surface area contributed by atoms with Crippen LogP contribution in [0.1, 0.15) is 18.4 Å². The molecule has 1 aromatic heterocycles. The number of nitrogens with zero attached hydrogens (tertiary/aromatic N) is 1. The average molecular weight is 378 g/mol. The topological polar surface area (TPSA) is 72.5 Å². The van der Waals surface area contributed by atoms with Crippen molar-refractivity contribution in [3.8, 4) is 11.5 Å². The maximum Gasteiger partial charge on any atom is 0.227 e. The standard InChI is InChI=1S/C19H23N3O3.ClH/c1-24-17-5-4-16(22-19(23)15-6-9-20-10-7-15)11-18(17)25-13-14-3-2-8-21-12-14;/h2-5,8,11-12,15,20H,6-7,9-10,13H2,1H3,(H,22,23);1H. The zero-order valence-electron chi connectivity index (χ0n) is 14.7. The molecule has 2 aromatic rings. The van der Waals surface area contributed by atoms with Gasteiger partial charge in [-0.15, -0.1) is 12.4 Å². The highest BCUT2D eigenvalue weighted by Gasteiger charge is 2.21. The molecule has 140 valence electrons. The largest absolute Gasteiger partial charge is 0.493 e. The van der Waals surface area contributed by atoms with Crippen molar-refractivity contribution in [2.75, 3.05) is 25.5 Å². The summed E-state index contributed by atoms with van der Waals surface area (Å²) < 4.78 is 11.2. The zero-order valence-corrected chi connectivity index (χ0v) is 15.6. The highest BCUT2D eigenvalue weighted by atomic mass is 35.5. The normalized spacial score (nSPS) is 14.2. The van der Waals surface area contributed by atoms with E-state index in [1.165, 1.54) is 0 Å². The van der Waals surface area contributed by atoms with E-state index in [2.05, 4.69) is 15.6 Å². The van der Waals surface area contributed by atoms with Gasteiger partial charge in [0.1, 0.15) is 6.61 Å². The second-order valence-electron chi connectivity index (χ2n) is 6.03. The minimum atomic E-state index is 0. The van der Waals surface area contributed by atoms with Crippen molar-refractivity contribution in [1.82, 2.24) is 10.3 Å². The molecule has 26 heavy (non-hydrogen) atoms. The van der Waals surface area contributed by atoms with Gasteiger partial charge in [0.25, 0.3) is 0 Å². The van der Waals surface area contributed by atoms with Crippen LogP contribution in [0.15, 0.2) is 42.7 Å². The van der Waals surface area contributed by atoms with E-state index in [0.717, 1.165) is 31.5 Å². The number of pyridine rings is 1. The van der Waals surface area contributed by atoms with Crippen LogP contribution in [0.2, 0.25) is 0 Å². The molecule has 1 aliphatic rings. The molecule has 0 saturated carbocycles. The predicted octanol–water partition coefficient (Wildman–Crippen LogP) is 3.03. The van der Waals surface area contributed by atoms with E-state index in [9.17, 15) is 4.79 Å². The van der Waals surface area contributed by atoms with Gasteiger partial charge in [0.15, 0.2) is 11.5 Å². The number of aromatic nitrogens is 1. The van der Waals surface area contributed by atoms with E-state index in [-0.39, 0.29) is 24.2 Å². The zero-order chi connectivity index (χ0) is 17.5. The van der Waals surface area contributed by atoms with Crippen molar-refractivity contribution in [2.45, 2.75) is 19.4 Å². The molecule has 1 amide bonds. The second kappa shape index (κ2) is 9.99. The SMILES string of the molecule is COc1ccc(NC(=O)C2CCNCC2)cc1OCc1cccnc1.Cl. The number of rotatable bonds is 6. The highest BCUT2D eigenvalue weighted by Crippen LogP contribution is 2.31.